The fourth-order valence-corrected chi connectivity index (χ4v) is 7.23. The number of hydrogen-bond donors (Lipinski definition) is 1. The van der Waals surface area contributed by atoms with Crippen molar-refractivity contribution in [1.82, 2.24) is 0 Å². The molecule has 0 aliphatic carbocycles. The van der Waals surface area contributed by atoms with Crippen molar-refractivity contribution in [2.45, 2.75) is 56.9 Å². The lowest BCUT2D eigenvalue weighted by molar-refractivity contribution is -0.249. The van der Waals surface area contributed by atoms with Gasteiger partial charge in [0.05, 0.1) is 25.5 Å². The average molecular weight is 590 g/mol. The summed E-state index contributed by atoms with van der Waals surface area (Å²) in [5.41, 5.74) is 0.959. The van der Waals surface area contributed by atoms with E-state index in [1.54, 1.807) is 19.9 Å². The number of nitrogens with one attached hydrogen (secondary N) is 1. The van der Waals surface area contributed by atoms with Gasteiger partial charge in [0.1, 0.15) is 23.6 Å². The van der Waals surface area contributed by atoms with Gasteiger partial charge in [-0.3, -0.25) is 4.72 Å². The Hall–Kier alpha value is -3.31. The third-order valence-electron chi connectivity index (χ3n) is 7.48. The minimum atomic E-state index is -3.98. The Morgan fingerprint density at radius 1 is 0.762 bits per heavy atom. The van der Waals surface area contributed by atoms with Crippen LogP contribution in [0.5, 0.6) is 0 Å². The monoisotopic (exact) mass is 589 g/mol. The van der Waals surface area contributed by atoms with Crippen molar-refractivity contribution >= 4 is 26.5 Å². The highest BCUT2D eigenvalue weighted by Gasteiger charge is 2.64. The zero-order valence-corrected chi connectivity index (χ0v) is 24.5. The van der Waals surface area contributed by atoms with Crippen LogP contribution in [0.2, 0.25) is 0 Å². The Bertz CT molecular complexity index is 1610. The molecule has 2 saturated heterocycles. The van der Waals surface area contributed by atoms with Gasteiger partial charge in [-0.2, -0.15) is 0 Å². The quantitative estimate of drug-likeness (QED) is 0.242. The molecular weight excluding hydrogens is 554 g/mol. The van der Waals surface area contributed by atoms with Crippen molar-refractivity contribution in [3.63, 3.8) is 0 Å². The van der Waals surface area contributed by atoms with Crippen LogP contribution in [0.1, 0.15) is 25.0 Å². The SMILES string of the molecule is CC1(C)O[C@H]2O[C@@](COCc3ccccc3)(CS(=O)(=O)Nc3cccc4ccccc34)[C@@H](OCc3ccccc3)[C@H]2O1. The normalized spacial score (nSPS) is 25.0. The van der Waals surface area contributed by atoms with Crippen LogP contribution in [-0.4, -0.2) is 50.7 Å². The Balaban J connectivity index is 1.32. The Morgan fingerprint density at radius 3 is 2.14 bits per heavy atom. The molecular formula is C33H35NO7S. The summed E-state index contributed by atoms with van der Waals surface area (Å²) in [6.45, 7) is 4.05. The van der Waals surface area contributed by atoms with Crippen molar-refractivity contribution in [2.24, 2.45) is 0 Å². The van der Waals surface area contributed by atoms with Crippen LogP contribution in [0.15, 0.2) is 103 Å². The second-order valence-corrected chi connectivity index (χ2v) is 13.0. The van der Waals surface area contributed by atoms with E-state index in [9.17, 15) is 8.42 Å². The summed E-state index contributed by atoms with van der Waals surface area (Å²) in [5.74, 6) is -1.35. The minimum Gasteiger partial charge on any atom is -0.374 e. The highest BCUT2D eigenvalue weighted by Crippen LogP contribution is 2.45. The highest BCUT2D eigenvalue weighted by atomic mass is 32.2. The molecule has 220 valence electrons. The van der Waals surface area contributed by atoms with Gasteiger partial charge >= 0.3 is 0 Å². The molecule has 6 rings (SSSR count). The lowest BCUT2D eigenvalue weighted by Gasteiger charge is -2.36. The first-order valence-electron chi connectivity index (χ1n) is 14.0. The minimum absolute atomic E-state index is 0.0576. The van der Waals surface area contributed by atoms with E-state index < -0.39 is 45.7 Å². The van der Waals surface area contributed by atoms with E-state index in [2.05, 4.69) is 4.72 Å². The molecule has 0 radical (unpaired) electrons. The molecule has 8 nitrogen and oxygen atoms in total. The van der Waals surface area contributed by atoms with Crippen molar-refractivity contribution in [3.8, 4) is 0 Å². The maximum Gasteiger partial charge on any atom is 0.235 e. The van der Waals surface area contributed by atoms with E-state index in [4.69, 9.17) is 23.7 Å². The maximum absolute atomic E-state index is 13.9. The van der Waals surface area contributed by atoms with Gasteiger partial charge in [-0.1, -0.05) is 97.1 Å². The first-order chi connectivity index (χ1) is 20.2. The summed E-state index contributed by atoms with van der Waals surface area (Å²) < 4.78 is 62.1. The summed E-state index contributed by atoms with van der Waals surface area (Å²) in [6.07, 6.45) is -2.28. The van der Waals surface area contributed by atoms with Gasteiger partial charge in [0.2, 0.25) is 10.0 Å². The molecule has 0 unspecified atom stereocenters. The highest BCUT2D eigenvalue weighted by molar-refractivity contribution is 7.92. The molecule has 0 saturated carbocycles. The van der Waals surface area contributed by atoms with E-state index in [-0.39, 0.29) is 19.8 Å². The molecule has 0 spiro atoms. The van der Waals surface area contributed by atoms with E-state index in [0.717, 1.165) is 21.9 Å². The molecule has 4 atom stereocenters. The molecule has 2 aliphatic rings. The number of anilines is 1. The third kappa shape index (κ3) is 6.36. The summed E-state index contributed by atoms with van der Waals surface area (Å²) >= 11 is 0. The fourth-order valence-electron chi connectivity index (χ4n) is 5.69. The molecule has 1 N–H and O–H groups in total. The van der Waals surface area contributed by atoms with Crippen LogP contribution in [0.4, 0.5) is 5.69 Å². The van der Waals surface area contributed by atoms with Gasteiger partial charge in [0.15, 0.2) is 12.1 Å². The molecule has 4 aromatic rings. The Kier molecular flexibility index (Phi) is 8.06. The molecule has 9 heteroatoms. The molecule has 42 heavy (non-hydrogen) atoms. The number of benzene rings is 4. The van der Waals surface area contributed by atoms with Crippen LogP contribution >= 0.6 is 0 Å². The zero-order chi connectivity index (χ0) is 29.2. The van der Waals surface area contributed by atoms with E-state index >= 15 is 0 Å². The lowest BCUT2D eigenvalue weighted by Crippen LogP contribution is -2.55. The molecule has 2 aliphatic heterocycles. The molecule has 4 aromatic carbocycles. The fraction of sp³-hybridized carbons (Fsp3) is 0.333. The molecule has 2 fully saturated rings. The first kappa shape index (κ1) is 28.8. The summed E-state index contributed by atoms with van der Waals surface area (Å²) in [6, 6.07) is 32.5. The van der Waals surface area contributed by atoms with Gasteiger partial charge < -0.3 is 23.7 Å². The second kappa shape index (κ2) is 11.8. The lowest BCUT2D eigenvalue weighted by atomic mass is 9.97. The number of sulfonamides is 1. The zero-order valence-electron chi connectivity index (χ0n) is 23.6. The first-order valence-corrected chi connectivity index (χ1v) is 15.7. The standard InChI is InChI=1S/C33H35NO7S/c1-32(2)39-29-30(38-21-25-14-7-4-8-15-25)33(41-31(29)40-32,22-37-20-24-12-5-3-6-13-24)23-42(35,36)34-28-19-11-17-26-16-9-10-18-27(26)28/h3-19,29-31,34H,20-23H2,1-2H3/t29-,30+,31+,33+/m1/s1. The Labute approximate surface area is 246 Å². The van der Waals surface area contributed by atoms with Gasteiger partial charge in [-0.25, -0.2) is 8.42 Å². The molecule has 0 amide bonds. The predicted octanol–water partition coefficient (Wildman–Crippen LogP) is 5.63. The van der Waals surface area contributed by atoms with E-state index in [1.807, 2.05) is 97.1 Å². The molecule has 2 heterocycles. The van der Waals surface area contributed by atoms with Crippen LogP contribution in [0, 0.1) is 0 Å². The largest absolute Gasteiger partial charge is 0.374 e. The molecule has 0 aromatic heterocycles. The van der Waals surface area contributed by atoms with Crippen LogP contribution in [-0.2, 0) is 46.9 Å². The van der Waals surface area contributed by atoms with Crippen molar-refractivity contribution in [2.75, 3.05) is 17.1 Å². The van der Waals surface area contributed by atoms with E-state index in [1.165, 1.54) is 0 Å². The van der Waals surface area contributed by atoms with Crippen LogP contribution in [0.25, 0.3) is 10.8 Å². The number of fused-ring (bicyclic) bond motifs is 2. The van der Waals surface area contributed by atoms with Gasteiger partial charge in [0, 0.05) is 5.39 Å². The Morgan fingerprint density at radius 2 is 1.40 bits per heavy atom. The van der Waals surface area contributed by atoms with Crippen molar-refractivity contribution < 1.29 is 32.1 Å². The van der Waals surface area contributed by atoms with Crippen LogP contribution < -0.4 is 4.72 Å². The molecule has 0 bridgehead atoms. The van der Waals surface area contributed by atoms with Crippen molar-refractivity contribution in [3.05, 3.63) is 114 Å². The van der Waals surface area contributed by atoms with Gasteiger partial charge in [0.25, 0.3) is 0 Å². The van der Waals surface area contributed by atoms with Gasteiger partial charge in [-0.15, -0.1) is 0 Å². The summed E-state index contributed by atoms with van der Waals surface area (Å²) in [5, 5.41) is 1.73. The number of ether oxygens (including phenoxy) is 5. The third-order valence-corrected chi connectivity index (χ3v) is 8.88. The maximum atomic E-state index is 13.9. The van der Waals surface area contributed by atoms with Gasteiger partial charge in [-0.05, 0) is 36.4 Å². The number of hydrogen-bond acceptors (Lipinski definition) is 7. The van der Waals surface area contributed by atoms with Crippen molar-refractivity contribution in [1.29, 1.82) is 0 Å². The summed E-state index contributed by atoms with van der Waals surface area (Å²) in [7, 11) is -3.98. The van der Waals surface area contributed by atoms with Crippen LogP contribution in [0.3, 0.4) is 0 Å². The predicted molar refractivity (Wildman–Crippen MR) is 160 cm³/mol. The average Bonchev–Trinajstić information content (AvgIpc) is 3.40. The second-order valence-electron chi connectivity index (χ2n) is 11.2. The number of rotatable bonds is 11. The summed E-state index contributed by atoms with van der Waals surface area (Å²) in [4.78, 5) is 0. The topological polar surface area (TPSA) is 92.3 Å². The van der Waals surface area contributed by atoms with E-state index in [0.29, 0.717) is 5.69 Å². The smallest absolute Gasteiger partial charge is 0.235 e.